The van der Waals surface area contributed by atoms with Gasteiger partial charge in [0.25, 0.3) is 0 Å². The van der Waals surface area contributed by atoms with Crippen molar-refractivity contribution in [3.8, 4) is 5.75 Å². The minimum Gasteiger partial charge on any atom is -0.485 e. The monoisotopic (exact) mass is 383 g/mol. The largest absolute Gasteiger partial charge is 0.485 e. The van der Waals surface area contributed by atoms with Gasteiger partial charge in [-0.15, -0.1) is 0 Å². The Balaban J connectivity index is 2.14. The Hall–Kier alpha value is -0.170. The van der Waals surface area contributed by atoms with E-state index in [1.54, 1.807) is 6.07 Å². The molecule has 3 rings (SSSR count). The predicted octanol–water partition coefficient (Wildman–Crippen LogP) is 3.86. The van der Waals surface area contributed by atoms with Gasteiger partial charge < -0.3 is 14.5 Å². The number of ether oxygens (including phenoxy) is 2. The average molecular weight is 384 g/mol. The van der Waals surface area contributed by atoms with Crippen LogP contribution in [-0.2, 0) is 4.74 Å². The third-order valence-electron chi connectivity index (χ3n) is 2.67. The minimum absolute atomic E-state index is 0.112. The maximum atomic E-state index is 6.15. The molecule has 1 N–H and O–H groups in total. The third-order valence-corrected chi connectivity index (χ3v) is 4.30. The van der Waals surface area contributed by atoms with Gasteiger partial charge in [-0.05, 0) is 22.6 Å². The van der Waals surface area contributed by atoms with E-state index in [1.165, 1.54) is 0 Å². The van der Waals surface area contributed by atoms with Gasteiger partial charge in [-0.25, -0.2) is 0 Å². The van der Waals surface area contributed by atoms with Gasteiger partial charge in [0.05, 0.1) is 34.2 Å². The zero-order valence-electron chi connectivity index (χ0n) is 8.60. The topological polar surface area (TPSA) is 34.2 Å². The van der Waals surface area contributed by atoms with Gasteiger partial charge in [-0.2, -0.15) is 0 Å². The van der Waals surface area contributed by atoms with Gasteiger partial charge in [0.2, 0.25) is 0 Å². The summed E-state index contributed by atoms with van der Waals surface area (Å²) in [6.07, 6.45) is 2.00. The van der Waals surface area contributed by atoms with Gasteiger partial charge in [0, 0.05) is 15.8 Å². The lowest BCUT2D eigenvalue weighted by molar-refractivity contribution is -0.0791. The van der Waals surface area contributed by atoms with E-state index < -0.39 is 0 Å². The number of aromatic nitrogens is 1. The molecule has 2 aromatic rings. The quantitative estimate of drug-likeness (QED) is 0.799. The molecule has 3 nitrogen and oxygen atoms in total. The van der Waals surface area contributed by atoms with Crippen LogP contribution >= 0.6 is 45.8 Å². The van der Waals surface area contributed by atoms with Crippen LogP contribution in [0, 0.1) is 3.57 Å². The second kappa shape index (κ2) is 4.50. The molecule has 0 amide bonds. The molecule has 6 heteroatoms. The van der Waals surface area contributed by atoms with E-state index in [4.69, 9.17) is 32.7 Å². The van der Waals surface area contributed by atoms with Crippen molar-refractivity contribution in [2.24, 2.45) is 0 Å². The summed E-state index contributed by atoms with van der Waals surface area (Å²) < 4.78 is 12.0. The second-order valence-corrected chi connectivity index (χ2v) is 5.78. The van der Waals surface area contributed by atoms with Gasteiger partial charge in [0.1, 0.15) is 11.9 Å². The zero-order valence-corrected chi connectivity index (χ0v) is 12.3. The first-order valence-electron chi connectivity index (χ1n) is 5.06. The van der Waals surface area contributed by atoms with Crippen LogP contribution in [0.4, 0.5) is 0 Å². The number of fused-ring (bicyclic) bond motifs is 1. The van der Waals surface area contributed by atoms with Gasteiger partial charge >= 0.3 is 0 Å². The Morgan fingerprint density at radius 2 is 2.18 bits per heavy atom. The third kappa shape index (κ3) is 2.01. The summed E-state index contributed by atoms with van der Waals surface area (Å²) >= 11 is 14.5. The van der Waals surface area contributed by atoms with E-state index in [0.29, 0.717) is 23.3 Å². The molecule has 1 saturated heterocycles. The molecule has 0 radical (unpaired) electrons. The van der Waals surface area contributed by atoms with Crippen LogP contribution in [0.5, 0.6) is 5.75 Å². The van der Waals surface area contributed by atoms with Crippen molar-refractivity contribution in [1.29, 1.82) is 0 Å². The normalized spacial score (nSPS) is 16.2. The molecule has 0 spiro atoms. The van der Waals surface area contributed by atoms with Crippen LogP contribution in [0.2, 0.25) is 10.0 Å². The van der Waals surface area contributed by atoms with Gasteiger partial charge in [0.15, 0.2) is 0 Å². The molecule has 0 saturated carbocycles. The van der Waals surface area contributed by atoms with Crippen LogP contribution in [0.15, 0.2) is 12.3 Å². The first kappa shape index (κ1) is 11.9. The molecule has 0 atom stereocenters. The van der Waals surface area contributed by atoms with Crippen LogP contribution in [-0.4, -0.2) is 24.3 Å². The summed E-state index contributed by atoms with van der Waals surface area (Å²) in [4.78, 5) is 3.11. The molecule has 1 aliphatic rings. The first-order valence-corrected chi connectivity index (χ1v) is 6.89. The lowest BCUT2D eigenvalue weighted by atomic mass is 10.2. The molecule has 1 aromatic carbocycles. The molecule has 1 fully saturated rings. The molecule has 0 aliphatic carbocycles. The minimum atomic E-state index is 0.112. The number of aromatic amines is 1. The summed E-state index contributed by atoms with van der Waals surface area (Å²) in [5.74, 6) is 0.758. The number of rotatable bonds is 2. The van der Waals surface area contributed by atoms with E-state index in [2.05, 4.69) is 27.6 Å². The van der Waals surface area contributed by atoms with Crippen molar-refractivity contribution >= 4 is 56.7 Å². The zero-order chi connectivity index (χ0) is 12.0. The van der Waals surface area contributed by atoms with E-state index in [-0.39, 0.29) is 6.10 Å². The SMILES string of the molecule is Clc1cc(OC2COC2)c2c(I)c[nH]c2c1Cl. The molecule has 90 valence electrons. The Morgan fingerprint density at radius 1 is 1.41 bits per heavy atom. The molecule has 2 heterocycles. The van der Waals surface area contributed by atoms with Crippen LogP contribution < -0.4 is 4.74 Å². The second-order valence-electron chi connectivity index (χ2n) is 3.83. The highest BCUT2D eigenvalue weighted by atomic mass is 127. The molecule has 1 aromatic heterocycles. The number of benzene rings is 1. The number of halogens is 3. The van der Waals surface area contributed by atoms with Crippen molar-refractivity contribution in [2.45, 2.75) is 6.10 Å². The van der Waals surface area contributed by atoms with Gasteiger partial charge in [-0.3, -0.25) is 0 Å². The number of hydrogen-bond donors (Lipinski definition) is 1. The van der Waals surface area contributed by atoms with Crippen molar-refractivity contribution in [3.63, 3.8) is 0 Å². The highest BCUT2D eigenvalue weighted by Gasteiger charge is 2.23. The maximum Gasteiger partial charge on any atom is 0.145 e. The highest BCUT2D eigenvalue weighted by Crippen LogP contribution is 2.39. The van der Waals surface area contributed by atoms with E-state index in [9.17, 15) is 0 Å². The molecule has 0 unspecified atom stereocenters. The Kier molecular flexibility index (Phi) is 3.15. The van der Waals surface area contributed by atoms with Crippen LogP contribution in [0.1, 0.15) is 0 Å². The van der Waals surface area contributed by atoms with E-state index >= 15 is 0 Å². The number of hydrogen-bond acceptors (Lipinski definition) is 2. The van der Waals surface area contributed by atoms with Crippen molar-refractivity contribution in [1.82, 2.24) is 4.98 Å². The fraction of sp³-hybridized carbons (Fsp3) is 0.273. The molecular formula is C11H8Cl2INO2. The number of nitrogens with one attached hydrogen (secondary N) is 1. The van der Waals surface area contributed by atoms with Crippen LogP contribution in [0.3, 0.4) is 0 Å². The summed E-state index contributed by atoms with van der Waals surface area (Å²) in [6.45, 7) is 1.26. The molecule has 1 aliphatic heterocycles. The predicted molar refractivity (Wildman–Crippen MR) is 76.3 cm³/mol. The first-order chi connectivity index (χ1) is 8.16. The number of H-pyrrole nitrogens is 1. The van der Waals surface area contributed by atoms with Crippen molar-refractivity contribution in [3.05, 3.63) is 25.9 Å². The lowest BCUT2D eigenvalue weighted by Crippen LogP contribution is -2.38. The van der Waals surface area contributed by atoms with E-state index in [0.717, 1.165) is 20.2 Å². The smallest absolute Gasteiger partial charge is 0.145 e. The molecule has 0 bridgehead atoms. The van der Waals surface area contributed by atoms with E-state index in [1.807, 2.05) is 6.20 Å². The molecular weight excluding hydrogens is 376 g/mol. The Bertz CT molecular complexity index is 580. The fourth-order valence-electron chi connectivity index (χ4n) is 1.74. The van der Waals surface area contributed by atoms with Gasteiger partial charge in [-0.1, -0.05) is 23.2 Å². The lowest BCUT2D eigenvalue weighted by Gasteiger charge is -2.27. The summed E-state index contributed by atoms with van der Waals surface area (Å²) in [5.41, 5.74) is 0.818. The summed E-state index contributed by atoms with van der Waals surface area (Å²) in [6, 6.07) is 1.76. The van der Waals surface area contributed by atoms with Crippen LogP contribution in [0.25, 0.3) is 10.9 Å². The van der Waals surface area contributed by atoms with Crippen molar-refractivity contribution in [2.75, 3.05) is 13.2 Å². The fourth-order valence-corrected chi connectivity index (χ4v) is 2.83. The Labute approximate surface area is 122 Å². The average Bonchev–Trinajstić information content (AvgIpc) is 2.62. The van der Waals surface area contributed by atoms with Crippen molar-refractivity contribution < 1.29 is 9.47 Å². The Morgan fingerprint density at radius 3 is 2.82 bits per heavy atom. The molecule has 17 heavy (non-hydrogen) atoms. The highest BCUT2D eigenvalue weighted by molar-refractivity contribution is 14.1. The summed E-state index contributed by atoms with van der Waals surface area (Å²) in [5, 5.41) is 2.00. The summed E-state index contributed by atoms with van der Waals surface area (Å²) in [7, 11) is 0. The maximum absolute atomic E-state index is 6.15. The standard InChI is InChI=1S/C11H8Cl2INO2/c12-6-1-8(17-5-3-16-4-5)9-7(14)2-15-11(9)10(6)13/h1-2,5,15H,3-4H2.